The summed E-state index contributed by atoms with van der Waals surface area (Å²) in [6, 6.07) is 4.37. The molecule has 1 aliphatic rings. The van der Waals surface area contributed by atoms with E-state index in [1.165, 1.54) is 0 Å². The first kappa shape index (κ1) is 12.0. The maximum absolute atomic E-state index is 13.4. The van der Waals surface area contributed by atoms with Gasteiger partial charge in [-0.3, -0.25) is 4.90 Å². The molecule has 1 saturated heterocycles. The number of hydrogen-bond acceptors (Lipinski definition) is 1. The summed E-state index contributed by atoms with van der Waals surface area (Å²) >= 11 is 3.45. The predicted molar refractivity (Wildman–Crippen MR) is 63.5 cm³/mol. The zero-order valence-corrected chi connectivity index (χ0v) is 10.5. The van der Waals surface area contributed by atoms with E-state index in [0.717, 1.165) is 30.9 Å². The first-order chi connectivity index (χ1) is 7.70. The molecule has 0 bridgehead atoms. The van der Waals surface area contributed by atoms with E-state index in [9.17, 15) is 8.78 Å². The average Bonchev–Trinajstić information content (AvgIpc) is 2.73. The second-order valence-electron chi connectivity index (χ2n) is 4.26. The number of alkyl halides is 1. The van der Waals surface area contributed by atoms with E-state index >= 15 is 0 Å². The van der Waals surface area contributed by atoms with Crippen LogP contribution >= 0.6 is 15.9 Å². The Morgan fingerprint density at radius 2 is 2.19 bits per heavy atom. The third kappa shape index (κ3) is 2.61. The Kier molecular flexibility index (Phi) is 3.92. The molecule has 88 valence electrons. The van der Waals surface area contributed by atoms with Gasteiger partial charge in [-0.2, -0.15) is 0 Å². The SMILES string of the molecule is Fc1cccc(CN2CCC(CBr)C2)c1F. The van der Waals surface area contributed by atoms with Crippen molar-refractivity contribution in [1.29, 1.82) is 0 Å². The fraction of sp³-hybridized carbons (Fsp3) is 0.500. The molecule has 0 saturated carbocycles. The molecule has 2 rings (SSSR count). The van der Waals surface area contributed by atoms with E-state index in [4.69, 9.17) is 0 Å². The molecule has 1 aromatic rings. The number of benzene rings is 1. The van der Waals surface area contributed by atoms with Gasteiger partial charge in [-0.05, 0) is 24.9 Å². The van der Waals surface area contributed by atoms with Crippen molar-refractivity contribution in [3.63, 3.8) is 0 Å². The van der Waals surface area contributed by atoms with Crippen LogP contribution in [-0.4, -0.2) is 23.3 Å². The van der Waals surface area contributed by atoms with Crippen LogP contribution in [0.3, 0.4) is 0 Å². The number of nitrogens with zero attached hydrogens (tertiary/aromatic N) is 1. The molecule has 4 heteroatoms. The van der Waals surface area contributed by atoms with Crippen molar-refractivity contribution in [1.82, 2.24) is 4.90 Å². The standard InChI is InChI=1S/C12H14BrF2N/c13-6-9-4-5-16(7-9)8-10-2-1-3-11(14)12(10)15/h1-3,9H,4-8H2. The lowest BCUT2D eigenvalue weighted by Crippen LogP contribution is -2.21. The molecule has 16 heavy (non-hydrogen) atoms. The van der Waals surface area contributed by atoms with Gasteiger partial charge in [0.2, 0.25) is 0 Å². The van der Waals surface area contributed by atoms with Crippen LogP contribution in [-0.2, 0) is 6.54 Å². The summed E-state index contributed by atoms with van der Waals surface area (Å²) in [6.45, 7) is 2.43. The van der Waals surface area contributed by atoms with Gasteiger partial charge in [0.15, 0.2) is 11.6 Å². The van der Waals surface area contributed by atoms with Crippen molar-refractivity contribution >= 4 is 15.9 Å². The van der Waals surface area contributed by atoms with Gasteiger partial charge in [-0.15, -0.1) is 0 Å². The normalized spacial score (nSPS) is 21.6. The van der Waals surface area contributed by atoms with Crippen LogP contribution in [0.1, 0.15) is 12.0 Å². The summed E-state index contributed by atoms with van der Waals surface area (Å²) in [5.74, 6) is -0.824. The molecule has 1 unspecified atom stereocenters. The zero-order chi connectivity index (χ0) is 11.5. The molecular formula is C12H14BrF2N. The fourth-order valence-corrected chi connectivity index (χ4v) is 2.62. The Morgan fingerprint density at radius 1 is 1.38 bits per heavy atom. The molecule has 0 aromatic heterocycles. The van der Waals surface area contributed by atoms with E-state index in [0.29, 0.717) is 18.0 Å². The van der Waals surface area contributed by atoms with Crippen molar-refractivity contribution in [2.45, 2.75) is 13.0 Å². The minimum absolute atomic E-state index is 0.454. The maximum atomic E-state index is 13.4. The van der Waals surface area contributed by atoms with Crippen molar-refractivity contribution in [2.75, 3.05) is 18.4 Å². The highest BCUT2D eigenvalue weighted by atomic mass is 79.9. The molecule has 1 aliphatic heterocycles. The molecule has 0 amide bonds. The highest BCUT2D eigenvalue weighted by Crippen LogP contribution is 2.21. The van der Waals surface area contributed by atoms with Gasteiger partial charge in [0, 0.05) is 24.0 Å². The zero-order valence-electron chi connectivity index (χ0n) is 8.93. The Balaban J connectivity index is 2.02. The van der Waals surface area contributed by atoms with Crippen molar-refractivity contribution in [2.24, 2.45) is 5.92 Å². The van der Waals surface area contributed by atoms with Crippen molar-refractivity contribution < 1.29 is 8.78 Å². The third-order valence-corrected chi connectivity index (χ3v) is 3.93. The lowest BCUT2D eigenvalue weighted by molar-refractivity contribution is 0.313. The van der Waals surface area contributed by atoms with Gasteiger partial charge in [0.25, 0.3) is 0 Å². The van der Waals surface area contributed by atoms with Crippen LogP contribution < -0.4 is 0 Å². The minimum Gasteiger partial charge on any atom is -0.299 e. The Labute approximate surface area is 103 Å². The van der Waals surface area contributed by atoms with Gasteiger partial charge < -0.3 is 0 Å². The minimum atomic E-state index is -0.756. The molecule has 0 spiro atoms. The second-order valence-corrected chi connectivity index (χ2v) is 4.90. The van der Waals surface area contributed by atoms with Gasteiger partial charge in [0.1, 0.15) is 0 Å². The van der Waals surface area contributed by atoms with Gasteiger partial charge in [-0.1, -0.05) is 28.1 Å². The molecular weight excluding hydrogens is 276 g/mol. The highest BCUT2D eigenvalue weighted by Gasteiger charge is 2.22. The molecule has 1 aromatic carbocycles. The van der Waals surface area contributed by atoms with Crippen LogP contribution in [0.15, 0.2) is 18.2 Å². The van der Waals surface area contributed by atoms with Crippen LogP contribution in [0.4, 0.5) is 8.78 Å². The van der Waals surface area contributed by atoms with E-state index < -0.39 is 11.6 Å². The van der Waals surface area contributed by atoms with Crippen LogP contribution in [0.2, 0.25) is 0 Å². The fourth-order valence-electron chi connectivity index (χ4n) is 2.09. The number of halogens is 3. The molecule has 1 atom stereocenters. The first-order valence-corrected chi connectivity index (χ1v) is 6.54. The molecule has 1 fully saturated rings. The van der Waals surface area contributed by atoms with Crippen molar-refractivity contribution in [3.8, 4) is 0 Å². The molecule has 1 heterocycles. The Bertz CT molecular complexity index is 370. The van der Waals surface area contributed by atoms with E-state index in [1.54, 1.807) is 12.1 Å². The molecule has 0 radical (unpaired) electrons. The smallest absolute Gasteiger partial charge is 0.163 e. The van der Waals surface area contributed by atoms with Crippen LogP contribution in [0.5, 0.6) is 0 Å². The molecule has 0 N–H and O–H groups in total. The second kappa shape index (κ2) is 5.23. The average molecular weight is 290 g/mol. The lowest BCUT2D eigenvalue weighted by Gasteiger charge is -2.16. The van der Waals surface area contributed by atoms with E-state index in [1.807, 2.05) is 0 Å². The summed E-state index contributed by atoms with van der Waals surface area (Å²) in [4.78, 5) is 2.17. The summed E-state index contributed by atoms with van der Waals surface area (Å²) in [7, 11) is 0. The third-order valence-electron chi connectivity index (χ3n) is 3.01. The quantitative estimate of drug-likeness (QED) is 0.773. The lowest BCUT2D eigenvalue weighted by atomic mass is 10.2. The molecule has 0 aliphatic carbocycles. The van der Waals surface area contributed by atoms with Gasteiger partial charge in [-0.25, -0.2) is 8.78 Å². The summed E-state index contributed by atoms with van der Waals surface area (Å²) < 4.78 is 26.4. The number of hydrogen-bond donors (Lipinski definition) is 0. The largest absolute Gasteiger partial charge is 0.299 e. The summed E-state index contributed by atoms with van der Waals surface area (Å²) in [6.07, 6.45) is 1.13. The number of rotatable bonds is 3. The highest BCUT2D eigenvalue weighted by molar-refractivity contribution is 9.09. The molecule has 1 nitrogen and oxygen atoms in total. The summed E-state index contributed by atoms with van der Waals surface area (Å²) in [5.41, 5.74) is 0.454. The number of likely N-dealkylation sites (tertiary alicyclic amines) is 1. The van der Waals surface area contributed by atoms with Crippen molar-refractivity contribution in [3.05, 3.63) is 35.4 Å². The van der Waals surface area contributed by atoms with Gasteiger partial charge in [0.05, 0.1) is 0 Å². The summed E-state index contributed by atoms with van der Waals surface area (Å²) in [5, 5.41) is 0.981. The predicted octanol–water partition coefficient (Wildman–Crippen LogP) is 3.18. The Hall–Kier alpha value is -0.480. The van der Waals surface area contributed by atoms with Crippen LogP contribution in [0, 0.1) is 17.6 Å². The topological polar surface area (TPSA) is 3.24 Å². The Morgan fingerprint density at radius 3 is 2.88 bits per heavy atom. The van der Waals surface area contributed by atoms with E-state index in [-0.39, 0.29) is 0 Å². The van der Waals surface area contributed by atoms with Crippen LogP contribution in [0.25, 0.3) is 0 Å². The monoisotopic (exact) mass is 289 g/mol. The van der Waals surface area contributed by atoms with E-state index in [2.05, 4.69) is 20.8 Å². The first-order valence-electron chi connectivity index (χ1n) is 5.42. The maximum Gasteiger partial charge on any atom is 0.163 e. The van der Waals surface area contributed by atoms with Gasteiger partial charge >= 0.3 is 0 Å².